The summed E-state index contributed by atoms with van der Waals surface area (Å²) in [4.78, 5) is 6.96. The number of nitrogens with zero attached hydrogens (tertiary/aromatic N) is 2. The Labute approximate surface area is 154 Å². The molecule has 25 heavy (non-hydrogen) atoms. The largest absolute Gasteiger partial charge is 0.381 e. The molecule has 0 aromatic rings. The molecule has 1 rings (SSSR count). The SMILES string of the molecule is C=CCCCCCN(C)C(=NCCCOCC1CCOCC1)NCC. The highest BCUT2D eigenvalue weighted by Crippen LogP contribution is 2.14. The van der Waals surface area contributed by atoms with Crippen LogP contribution in [0.2, 0.25) is 0 Å². The average Bonchev–Trinajstić information content (AvgIpc) is 2.64. The number of rotatable bonds is 13. The zero-order valence-electron chi connectivity index (χ0n) is 16.5. The molecule has 0 aromatic heterocycles. The van der Waals surface area contributed by atoms with E-state index in [2.05, 4.69) is 30.8 Å². The number of nitrogens with one attached hydrogen (secondary N) is 1. The van der Waals surface area contributed by atoms with Gasteiger partial charge in [-0.2, -0.15) is 0 Å². The van der Waals surface area contributed by atoms with Crippen LogP contribution >= 0.6 is 0 Å². The fourth-order valence-electron chi connectivity index (χ4n) is 2.90. The van der Waals surface area contributed by atoms with Crippen molar-refractivity contribution >= 4 is 5.96 Å². The highest BCUT2D eigenvalue weighted by Gasteiger charge is 2.13. The Morgan fingerprint density at radius 2 is 2.08 bits per heavy atom. The third kappa shape index (κ3) is 11.2. The van der Waals surface area contributed by atoms with E-state index in [0.29, 0.717) is 5.92 Å². The van der Waals surface area contributed by atoms with E-state index in [-0.39, 0.29) is 0 Å². The Morgan fingerprint density at radius 1 is 1.28 bits per heavy atom. The monoisotopic (exact) mass is 353 g/mol. The number of aliphatic imine (C=N–C) groups is 1. The Morgan fingerprint density at radius 3 is 2.80 bits per heavy atom. The maximum Gasteiger partial charge on any atom is 0.193 e. The minimum atomic E-state index is 0.682. The fraction of sp³-hybridized carbons (Fsp3) is 0.850. The molecule has 1 fully saturated rings. The van der Waals surface area contributed by atoms with Crippen molar-refractivity contribution in [1.82, 2.24) is 10.2 Å². The molecule has 0 aromatic carbocycles. The van der Waals surface area contributed by atoms with E-state index < -0.39 is 0 Å². The fourth-order valence-corrected chi connectivity index (χ4v) is 2.90. The van der Waals surface area contributed by atoms with Crippen LogP contribution in [0, 0.1) is 5.92 Å². The van der Waals surface area contributed by atoms with Crippen LogP contribution < -0.4 is 5.32 Å². The summed E-state index contributed by atoms with van der Waals surface area (Å²) in [6.45, 7) is 12.1. The average molecular weight is 354 g/mol. The normalized spacial score (nSPS) is 16.0. The number of guanidine groups is 1. The van der Waals surface area contributed by atoms with E-state index in [0.717, 1.165) is 77.7 Å². The van der Waals surface area contributed by atoms with Crippen LogP contribution in [-0.2, 0) is 9.47 Å². The summed E-state index contributed by atoms with van der Waals surface area (Å²) in [5.41, 5.74) is 0. The first-order valence-electron chi connectivity index (χ1n) is 10.0. The smallest absolute Gasteiger partial charge is 0.193 e. The molecule has 0 atom stereocenters. The number of allylic oxidation sites excluding steroid dienone is 1. The van der Waals surface area contributed by atoms with Crippen LogP contribution in [0.15, 0.2) is 17.6 Å². The van der Waals surface area contributed by atoms with Crippen LogP contribution in [-0.4, -0.2) is 64.0 Å². The predicted molar refractivity (Wildman–Crippen MR) is 106 cm³/mol. The molecule has 0 aliphatic carbocycles. The van der Waals surface area contributed by atoms with Crippen molar-refractivity contribution in [2.45, 2.75) is 51.9 Å². The predicted octanol–water partition coefficient (Wildman–Crippen LogP) is 3.46. The lowest BCUT2D eigenvalue weighted by Gasteiger charge is -2.22. The van der Waals surface area contributed by atoms with Gasteiger partial charge in [0.1, 0.15) is 0 Å². The van der Waals surface area contributed by atoms with Gasteiger partial charge in [0.2, 0.25) is 0 Å². The molecule has 5 heteroatoms. The minimum absolute atomic E-state index is 0.682. The summed E-state index contributed by atoms with van der Waals surface area (Å²) in [5.74, 6) is 1.69. The molecule has 0 bridgehead atoms. The van der Waals surface area contributed by atoms with Crippen LogP contribution in [0.25, 0.3) is 0 Å². The van der Waals surface area contributed by atoms with Gasteiger partial charge in [-0.1, -0.05) is 12.5 Å². The number of hydrogen-bond donors (Lipinski definition) is 1. The maximum absolute atomic E-state index is 5.81. The van der Waals surface area contributed by atoms with E-state index in [1.54, 1.807) is 0 Å². The molecule has 1 aliphatic rings. The van der Waals surface area contributed by atoms with Crippen molar-refractivity contribution in [3.05, 3.63) is 12.7 Å². The third-order valence-corrected chi connectivity index (χ3v) is 4.50. The summed E-state index contributed by atoms with van der Waals surface area (Å²) in [7, 11) is 2.12. The van der Waals surface area contributed by atoms with Gasteiger partial charge in [0.05, 0.1) is 0 Å². The Bertz CT molecular complexity index is 355. The summed E-state index contributed by atoms with van der Waals surface area (Å²) < 4.78 is 11.2. The lowest BCUT2D eigenvalue weighted by atomic mass is 10.0. The van der Waals surface area contributed by atoms with Crippen molar-refractivity contribution in [2.24, 2.45) is 10.9 Å². The number of hydrogen-bond acceptors (Lipinski definition) is 3. The van der Waals surface area contributed by atoms with Crippen molar-refractivity contribution in [2.75, 3.05) is 53.1 Å². The van der Waals surface area contributed by atoms with Gasteiger partial charge >= 0.3 is 0 Å². The van der Waals surface area contributed by atoms with Gasteiger partial charge in [0, 0.05) is 53.1 Å². The van der Waals surface area contributed by atoms with E-state index in [1.807, 2.05) is 6.08 Å². The van der Waals surface area contributed by atoms with Gasteiger partial charge in [-0.25, -0.2) is 0 Å². The first-order valence-corrected chi connectivity index (χ1v) is 10.0. The molecule has 1 N–H and O–H groups in total. The van der Waals surface area contributed by atoms with Crippen LogP contribution in [0.5, 0.6) is 0 Å². The van der Waals surface area contributed by atoms with Crippen molar-refractivity contribution in [1.29, 1.82) is 0 Å². The Hall–Kier alpha value is -1.07. The molecule has 0 saturated carbocycles. The van der Waals surface area contributed by atoms with Crippen molar-refractivity contribution < 1.29 is 9.47 Å². The van der Waals surface area contributed by atoms with Gasteiger partial charge in [0.25, 0.3) is 0 Å². The van der Waals surface area contributed by atoms with E-state index in [4.69, 9.17) is 14.5 Å². The second-order valence-electron chi connectivity index (χ2n) is 6.78. The van der Waals surface area contributed by atoms with E-state index >= 15 is 0 Å². The zero-order chi connectivity index (χ0) is 18.2. The number of unbranched alkanes of at least 4 members (excludes halogenated alkanes) is 3. The van der Waals surface area contributed by atoms with Gasteiger partial charge in [-0.15, -0.1) is 6.58 Å². The molecular formula is C20H39N3O2. The quantitative estimate of drug-likeness (QED) is 0.238. The van der Waals surface area contributed by atoms with Gasteiger partial charge in [-0.05, 0) is 51.4 Å². The summed E-state index contributed by atoms with van der Waals surface area (Å²) in [6.07, 6.45) is 10.0. The Balaban J connectivity index is 2.14. The highest BCUT2D eigenvalue weighted by molar-refractivity contribution is 5.79. The van der Waals surface area contributed by atoms with E-state index in [9.17, 15) is 0 Å². The molecule has 0 unspecified atom stereocenters. The molecule has 1 saturated heterocycles. The summed E-state index contributed by atoms with van der Waals surface area (Å²) in [5, 5.41) is 3.38. The molecule has 146 valence electrons. The molecule has 1 heterocycles. The van der Waals surface area contributed by atoms with Crippen LogP contribution in [0.1, 0.15) is 51.9 Å². The summed E-state index contributed by atoms with van der Waals surface area (Å²) >= 11 is 0. The number of ether oxygens (including phenoxy) is 2. The van der Waals surface area contributed by atoms with E-state index in [1.165, 1.54) is 19.3 Å². The molecule has 5 nitrogen and oxygen atoms in total. The maximum atomic E-state index is 5.81. The van der Waals surface area contributed by atoms with Crippen LogP contribution in [0.3, 0.4) is 0 Å². The third-order valence-electron chi connectivity index (χ3n) is 4.50. The van der Waals surface area contributed by atoms with Crippen molar-refractivity contribution in [3.63, 3.8) is 0 Å². The lowest BCUT2D eigenvalue weighted by Crippen LogP contribution is -2.39. The minimum Gasteiger partial charge on any atom is -0.381 e. The van der Waals surface area contributed by atoms with Gasteiger partial charge in [0.15, 0.2) is 5.96 Å². The Kier molecular flexibility index (Phi) is 13.4. The standard InChI is InChI=1S/C20H39N3O2/c1-4-6-7-8-9-14-23(3)20(21-5-2)22-13-10-15-25-18-19-11-16-24-17-12-19/h4,19H,1,5-18H2,2-3H3,(H,21,22). The van der Waals surface area contributed by atoms with Gasteiger partial charge in [-0.3, -0.25) is 4.99 Å². The molecular weight excluding hydrogens is 314 g/mol. The molecule has 1 aliphatic heterocycles. The first kappa shape index (κ1) is 22.0. The molecule has 0 spiro atoms. The second kappa shape index (κ2) is 15.2. The first-order chi connectivity index (χ1) is 12.3. The highest BCUT2D eigenvalue weighted by atomic mass is 16.5. The summed E-state index contributed by atoms with van der Waals surface area (Å²) in [6, 6.07) is 0. The topological polar surface area (TPSA) is 46.1 Å². The van der Waals surface area contributed by atoms with Crippen molar-refractivity contribution in [3.8, 4) is 0 Å². The zero-order valence-corrected chi connectivity index (χ0v) is 16.5. The lowest BCUT2D eigenvalue weighted by molar-refractivity contribution is 0.0205. The van der Waals surface area contributed by atoms with Crippen LogP contribution in [0.4, 0.5) is 0 Å². The van der Waals surface area contributed by atoms with Gasteiger partial charge < -0.3 is 19.7 Å². The molecule has 0 amide bonds. The second-order valence-corrected chi connectivity index (χ2v) is 6.78. The molecule has 0 radical (unpaired) electrons.